The summed E-state index contributed by atoms with van der Waals surface area (Å²) in [6.45, 7) is 1.92. The summed E-state index contributed by atoms with van der Waals surface area (Å²) in [5, 5.41) is 9.05. The minimum atomic E-state index is -0.175. The number of hydrogen-bond donors (Lipinski definition) is 3. The van der Waals surface area contributed by atoms with Gasteiger partial charge in [-0.15, -0.1) is 12.4 Å². The molecule has 0 spiro atoms. The number of halogens is 1. The van der Waals surface area contributed by atoms with Gasteiger partial charge < -0.3 is 20.7 Å². The van der Waals surface area contributed by atoms with Crippen LogP contribution < -0.4 is 20.7 Å². The minimum absolute atomic E-state index is 0. The molecule has 0 atom stereocenters. The van der Waals surface area contributed by atoms with Crippen LogP contribution in [0.1, 0.15) is 12.8 Å². The molecule has 0 unspecified atom stereocenters. The predicted molar refractivity (Wildman–Crippen MR) is 78.3 cm³/mol. The number of urea groups is 1. The van der Waals surface area contributed by atoms with Crippen molar-refractivity contribution in [3.63, 3.8) is 0 Å². The Morgan fingerprint density at radius 1 is 1.32 bits per heavy atom. The molecule has 1 saturated heterocycles. The van der Waals surface area contributed by atoms with Crippen molar-refractivity contribution < 1.29 is 9.53 Å². The van der Waals surface area contributed by atoms with E-state index in [-0.39, 0.29) is 24.5 Å². The highest BCUT2D eigenvalue weighted by Crippen LogP contribution is 2.22. The summed E-state index contributed by atoms with van der Waals surface area (Å²) in [5.74, 6) is 0.665. The van der Waals surface area contributed by atoms with Crippen molar-refractivity contribution in [2.24, 2.45) is 0 Å². The van der Waals surface area contributed by atoms with Gasteiger partial charge in [-0.2, -0.15) is 0 Å². The summed E-state index contributed by atoms with van der Waals surface area (Å²) < 4.78 is 5.18. The Labute approximate surface area is 119 Å². The molecule has 1 fully saturated rings. The molecule has 2 rings (SSSR count). The third-order valence-electron chi connectivity index (χ3n) is 3.03. The molecule has 0 saturated carbocycles. The number of methoxy groups -OCH3 is 1. The summed E-state index contributed by atoms with van der Waals surface area (Å²) in [6.07, 6.45) is 1.94. The van der Waals surface area contributed by atoms with Crippen LogP contribution in [-0.2, 0) is 0 Å². The van der Waals surface area contributed by atoms with Gasteiger partial charge in [0.2, 0.25) is 0 Å². The molecule has 1 aromatic carbocycles. The topological polar surface area (TPSA) is 62.4 Å². The van der Waals surface area contributed by atoms with Crippen molar-refractivity contribution in [1.29, 1.82) is 0 Å². The third-order valence-corrected chi connectivity index (χ3v) is 3.03. The molecule has 5 nitrogen and oxygen atoms in total. The largest absolute Gasteiger partial charge is 0.495 e. The first-order chi connectivity index (χ1) is 8.79. The summed E-state index contributed by atoms with van der Waals surface area (Å²) in [7, 11) is 1.59. The number of benzene rings is 1. The molecule has 1 aromatic rings. The molecule has 3 N–H and O–H groups in total. The van der Waals surface area contributed by atoms with Crippen molar-refractivity contribution in [2.75, 3.05) is 25.5 Å². The summed E-state index contributed by atoms with van der Waals surface area (Å²) in [4.78, 5) is 11.9. The van der Waals surface area contributed by atoms with Crippen molar-refractivity contribution in [3.05, 3.63) is 24.3 Å². The van der Waals surface area contributed by atoms with E-state index in [4.69, 9.17) is 4.74 Å². The molecule has 6 heteroatoms. The van der Waals surface area contributed by atoms with Gasteiger partial charge in [-0.1, -0.05) is 12.1 Å². The molecule has 1 aliphatic rings. The maximum atomic E-state index is 11.9. The molecule has 2 amide bonds. The first-order valence-corrected chi connectivity index (χ1v) is 6.21. The van der Waals surface area contributed by atoms with Gasteiger partial charge in [-0.05, 0) is 38.1 Å². The third kappa shape index (κ3) is 4.61. The molecular formula is C13H20ClN3O2. The van der Waals surface area contributed by atoms with Crippen LogP contribution in [-0.4, -0.2) is 32.3 Å². The number of amides is 2. The van der Waals surface area contributed by atoms with E-state index in [1.165, 1.54) is 0 Å². The maximum absolute atomic E-state index is 11.9. The second kappa shape index (κ2) is 7.86. The van der Waals surface area contributed by atoms with Crippen LogP contribution in [0.5, 0.6) is 5.75 Å². The standard InChI is InChI=1S/C13H19N3O2.ClH/c1-18-12-5-3-2-4-11(12)16-13(17)15-10-6-8-14-9-7-10;/h2-5,10,14H,6-9H2,1H3,(H2,15,16,17);1H. The zero-order valence-corrected chi connectivity index (χ0v) is 11.8. The molecule has 0 bridgehead atoms. The Morgan fingerprint density at radius 3 is 2.68 bits per heavy atom. The monoisotopic (exact) mass is 285 g/mol. The van der Waals surface area contributed by atoms with Gasteiger partial charge in [0.1, 0.15) is 5.75 Å². The fourth-order valence-corrected chi connectivity index (χ4v) is 2.06. The smallest absolute Gasteiger partial charge is 0.319 e. The average Bonchev–Trinajstić information content (AvgIpc) is 2.40. The number of carbonyl (C=O) groups excluding carboxylic acids is 1. The number of carbonyl (C=O) groups is 1. The molecule has 0 radical (unpaired) electrons. The van der Waals surface area contributed by atoms with Crippen LogP contribution in [0.15, 0.2) is 24.3 Å². The van der Waals surface area contributed by atoms with E-state index in [1.807, 2.05) is 24.3 Å². The van der Waals surface area contributed by atoms with Gasteiger partial charge >= 0.3 is 6.03 Å². The van der Waals surface area contributed by atoms with Gasteiger partial charge in [0.15, 0.2) is 0 Å². The number of piperidine rings is 1. The lowest BCUT2D eigenvalue weighted by molar-refractivity contribution is 0.245. The van der Waals surface area contributed by atoms with Crippen LogP contribution in [0.2, 0.25) is 0 Å². The highest BCUT2D eigenvalue weighted by Gasteiger charge is 2.15. The normalized spacial score (nSPS) is 15.2. The first kappa shape index (κ1) is 15.6. The number of hydrogen-bond acceptors (Lipinski definition) is 3. The molecule has 1 aliphatic heterocycles. The minimum Gasteiger partial charge on any atom is -0.495 e. The fourth-order valence-electron chi connectivity index (χ4n) is 2.06. The SMILES string of the molecule is COc1ccccc1NC(=O)NC1CCNCC1.Cl. The van der Waals surface area contributed by atoms with E-state index in [0.717, 1.165) is 25.9 Å². The number of nitrogens with one attached hydrogen (secondary N) is 3. The molecule has 0 aromatic heterocycles. The Kier molecular flexibility index (Phi) is 6.45. The van der Waals surface area contributed by atoms with E-state index in [9.17, 15) is 4.79 Å². The van der Waals surface area contributed by atoms with Crippen LogP contribution in [0.4, 0.5) is 10.5 Å². The Bertz CT molecular complexity index is 409. The van der Waals surface area contributed by atoms with E-state index in [2.05, 4.69) is 16.0 Å². The second-order valence-electron chi connectivity index (χ2n) is 4.32. The number of rotatable bonds is 3. The van der Waals surface area contributed by atoms with Gasteiger partial charge in [0, 0.05) is 6.04 Å². The average molecular weight is 286 g/mol. The highest BCUT2D eigenvalue weighted by atomic mass is 35.5. The van der Waals surface area contributed by atoms with Crippen LogP contribution >= 0.6 is 12.4 Å². The lowest BCUT2D eigenvalue weighted by Crippen LogP contribution is -2.44. The summed E-state index contributed by atoms with van der Waals surface area (Å²) in [5.41, 5.74) is 0.687. The molecule has 1 heterocycles. The highest BCUT2D eigenvalue weighted by molar-refractivity contribution is 5.91. The van der Waals surface area contributed by atoms with Gasteiger partial charge in [-0.3, -0.25) is 0 Å². The van der Waals surface area contributed by atoms with E-state index in [1.54, 1.807) is 7.11 Å². The van der Waals surface area contributed by atoms with Gasteiger partial charge in [-0.25, -0.2) is 4.79 Å². The zero-order valence-electron chi connectivity index (χ0n) is 10.9. The molecule has 0 aliphatic carbocycles. The van der Waals surface area contributed by atoms with Gasteiger partial charge in [0.25, 0.3) is 0 Å². The van der Waals surface area contributed by atoms with Crippen LogP contribution in [0, 0.1) is 0 Å². The van der Waals surface area contributed by atoms with E-state index in [0.29, 0.717) is 11.4 Å². The molecule has 19 heavy (non-hydrogen) atoms. The van der Waals surface area contributed by atoms with Crippen LogP contribution in [0.25, 0.3) is 0 Å². The summed E-state index contributed by atoms with van der Waals surface area (Å²) in [6, 6.07) is 7.45. The van der Waals surface area contributed by atoms with E-state index < -0.39 is 0 Å². The fraction of sp³-hybridized carbons (Fsp3) is 0.462. The van der Waals surface area contributed by atoms with Crippen LogP contribution in [0.3, 0.4) is 0 Å². The van der Waals surface area contributed by atoms with Crippen molar-refractivity contribution in [2.45, 2.75) is 18.9 Å². The van der Waals surface area contributed by atoms with Crippen molar-refractivity contribution >= 4 is 24.1 Å². The Balaban J connectivity index is 0.00000180. The lowest BCUT2D eigenvalue weighted by Gasteiger charge is -2.23. The van der Waals surface area contributed by atoms with Crippen molar-refractivity contribution in [1.82, 2.24) is 10.6 Å². The van der Waals surface area contributed by atoms with Gasteiger partial charge in [0.05, 0.1) is 12.8 Å². The number of ether oxygens (including phenoxy) is 1. The zero-order chi connectivity index (χ0) is 12.8. The van der Waals surface area contributed by atoms with Crippen molar-refractivity contribution in [3.8, 4) is 5.75 Å². The second-order valence-corrected chi connectivity index (χ2v) is 4.32. The van der Waals surface area contributed by atoms with E-state index >= 15 is 0 Å². The Morgan fingerprint density at radius 2 is 2.00 bits per heavy atom. The summed E-state index contributed by atoms with van der Waals surface area (Å²) >= 11 is 0. The molecular weight excluding hydrogens is 266 g/mol. The predicted octanol–water partition coefficient (Wildman–Crippen LogP) is 1.99. The molecule has 106 valence electrons. The maximum Gasteiger partial charge on any atom is 0.319 e. The lowest BCUT2D eigenvalue weighted by atomic mass is 10.1. The Hall–Kier alpha value is -1.46. The number of para-hydroxylation sites is 2. The first-order valence-electron chi connectivity index (χ1n) is 6.21. The quantitative estimate of drug-likeness (QED) is 0.796. The number of anilines is 1.